The van der Waals surface area contributed by atoms with Crippen molar-refractivity contribution in [2.45, 2.75) is 0 Å². The van der Waals surface area contributed by atoms with E-state index in [0.29, 0.717) is 34.5 Å². The van der Waals surface area contributed by atoms with Gasteiger partial charge in [0.15, 0.2) is 0 Å². The highest BCUT2D eigenvalue weighted by Crippen LogP contribution is 2.73. The van der Waals surface area contributed by atoms with Crippen LogP contribution < -0.4 is 32.6 Å². The highest BCUT2D eigenvalue weighted by molar-refractivity contribution is 7.75. The molecule has 0 N–H and O–H groups in total. The third kappa shape index (κ3) is 10.6. The van der Waals surface area contributed by atoms with Crippen molar-refractivity contribution in [2.24, 2.45) is 4.52 Å². The average molecular weight is 883 g/mol. The zero-order chi connectivity index (χ0) is 41.6. The Labute approximate surface area is 357 Å². The summed E-state index contributed by atoms with van der Waals surface area (Å²) in [4.78, 5) is 20.7. The Bertz CT molecular complexity index is 2600. The Morgan fingerprint density at radius 1 is 0.426 bits per heavy atom. The van der Waals surface area contributed by atoms with Crippen molar-refractivity contribution in [1.29, 1.82) is 10.5 Å². The Hall–Kier alpha value is -6.48. The predicted octanol–water partition coefficient (Wildman–Crippen LogP) is 12.9. The molecule has 7 aromatic carbocycles. The van der Waals surface area contributed by atoms with Crippen molar-refractivity contribution >= 4 is 33.4 Å². The number of nitrogens with zero attached hydrogens (tertiary/aromatic N) is 6. The molecule has 302 valence electrons. The Kier molecular flexibility index (Phi) is 14.0. The summed E-state index contributed by atoms with van der Waals surface area (Å²) in [6.07, 6.45) is 0. The predicted molar refractivity (Wildman–Crippen MR) is 236 cm³/mol. The highest BCUT2D eigenvalue weighted by Gasteiger charge is 2.53. The number of hydrogen-bond donors (Lipinski definition) is 0. The van der Waals surface area contributed by atoms with Crippen LogP contribution in [0.4, 0.5) is 0 Å². The standard InChI is InChI=1S/C44H34N6O7P4/c45-34-36-20-19-33-44(43(36)35-46)57-59-47-58(54-40-27-13-4-14-28-40)48(51-37-21-7-1-8-22-37)60(55-41-29-15-5-16-30-41)50(53-39-25-11-3-12-26-39)61(56-42-31-17-6-18-32-42)49(59)52-38-23-9-2-10-24-38/h1-33,59H. The molecule has 0 spiro atoms. The largest absolute Gasteiger partial charge is 0.445 e. The molecule has 1 heterocycles. The van der Waals surface area contributed by atoms with Gasteiger partial charge >= 0.3 is 25.3 Å². The molecule has 0 bridgehead atoms. The van der Waals surface area contributed by atoms with Gasteiger partial charge in [-0.05, 0) is 84.9 Å². The van der Waals surface area contributed by atoms with Gasteiger partial charge in [0.05, 0.1) is 5.56 Å². The number of rotatable bonds is 14. The van der Waals surface area contributed by atoms with E-state index < -0.39 is 33.4 Å². The third-order valence-electron chi connectivity index (χ3n) is 8.12. The van der Waals surface area contributed by atoms with Gasteiger partial charge in [-0.3, -0.25) is 0 Å². The molecule has 13 nitrogen and oxygen atoms in total. The van der Waals surface area contributed by atoms with Crippen LogP contribution in [0.25, 0.3) is 0 Å². The van der Waals surface area contributed by atoms with Gasteiger partial charge in [0, 0.05) is 13.8 Å². The van der Waals surface area contributed by atoms with E-state index in [4.69, 9.17) is 37.1 Å². The van der Waals surface area contributed by atoms with E-state index in [1.54, 1.807) is 83.5 Å². The maximum atomic E-state index is 10.4. The minimum absolute atomic E-state index is 0.0190. The molecule has 0 amide bonds. The Morgan fingerprint density at radius 2 is 0.852 bits per heavy atom. The monoisotopic (exact) mass is 882 g/mol. The van der Waals surface area contributed by atoms with Crippen LogP contribution in [0.2, 0.25) is 0 Å². The van der Waals surface area contributed by atoms with Gasteiger partial charge in [0.1, 0.15) is 57.9 Å². The van der Waals surface area contributed by atoms with E-state index in [1.807, 2.05) is 121 Å². The fraction of sp³-hybridized carbons (Fsp3) is 0. The lowest BCUT2D eigenvalue weighted by molar-refractivity contribution is 0.0433. The topological polar surface area (TPSA) is 134 Å². The van der Waals surface area contributed by atoms with Crippen molar-refractivity contribution in [3.8, 4) is 52.4 Å². The Morgan fingerprint density at radius 3 is 1.33 bits per heavy atom. The van der Waals surface area contributed by atoms with E-state index in [2.05, 4.69) is 12.1 Å². The van der Waals surface area contributed by atoms with E-state index >= 15 is 0 Å². The fourth-order valence-electron chi connectivity index (χ4n) is 5.34. The summed E-state index contributed by atoms with van der Waals surface area (Å²) in [5.41, 5.74) is 0.142. The lowest BCUT2D eigenvalue weighted by Gasteiger charge is -2.42. The average Bonchev–Trinajstić information content (AvgIpc) is 3.32. The van der Waals surface area contributed by atoms with E-state index in [9.17, 15) is 10.5 Å². The number of benzene rings is 7. The molecule has 61 heavy (non-hydrogen) atoms. The molecule has 0 fully saturated rings. The summed E-state index contributed by atoms with van der Waals surface area (Å²) in [7, 11) is -10.1. The van der Waals surface area contributed by atoms with E-state index in [-0.39, 0.29) is 16.9 Å². The molecule has 4 atom stereocenters. The van der Waals surface area contributed by atoms with Gasteiger partial charge in [0.25, 0.3) is 0 Å². The van der Waals surface area contributed by atoms with Gasteiger partial charge in [-0.15, -0.1) is 0 Å². The van der Waals surface area contributed by atoms with Crippen molar-refractivity contribution in [2.75, 3.05) is 0 Å². The second-order valence-corrected chi connectivity index (χ2v) is 19.2. The van der Waals surface area contributed by atoms with Crippen LogP contribution in [-0.2, 0) is 0 Å². The van der Waals surface area contributed by atoms with E-state index in [1.165, 1.54) is 9.21 Å². The summed E-state index contributed by atoms with van der Waals surface area (Å²) in [6.45, 7) is 0. The molecule has 1 aliphatic rings. The number of hydrogen-bond acceptors (Lipinski definition) is 13. The summed E-state index contributed by atoms with van der Waals surface area (Å²) in [5, 5.41) is 20.4. The SMILES string of the molecule is N#Cc1cccc(O/[PH]2=N/P(Oc3ccccc3)N(Oc3ccccc3)P(Oc3ccccc3)N(Oc3ccccc3)P(Oc3ccccc3)N2Oc2ccccc2)c1C#N. The molecule has 0 saturated heterocycles. The minimum atomic E-state index is -3.03. The summed E-state index contributed by atoms with van der Waals surface area (Å²) in [5.74, 6) is 2.79. The number of nitriles is 2. The zero-order valence-corrected chi connectivity index (χ0v) is 35.6. The van der Waals surface area contributed by atoms with Gasteiger partial charge in [-0.25, -0.2) is 0 Å². The lowest BCUT2D eigenvalue weighted by Crippen LogP contribution is -2.37. The van der Waals surface area contributed by atoms with Crippen LogP contribution >= 0.6 is 33.4 Å². The second kappa shape index (κ2) is 20.7. The molecular weight excluding hydrogens is 848 g/mol. The smallest absolute Gasteiger partial charge is 0.345 e. The summed E-state index contributed by atoms with van der Waals surface area (Å²) in [6, 6.07) is 64.1. The molecule has 4 unspecified atom stereocenters. The minimum Gasteiger partial charge on any atom is -0.445 e. The van der Waals surface area contributed by atoms with Gasteiger partial charge < -0.3 is 32.6 Å². The van der Waals surface area contributed by atoms with Crippen LogP contribution in [0.3, 0.4) is 0 Å². The first kappa shape index (κ1) is 41.3. The molecule has 0 aromatic heterocycles. The van der Waals surface area contributed by atoms with Crippen LogP contribution in [0.15, 0.2) is 205 Å². The molecule has 8 rings (SSSR count). The van der Waals surface area contributed by atoms with Gasteiger partial charge in [-0.1, -0.05) is 115 Å². The van der Waals surface area contributed by atoms with Crippen molar-refractivity contribution in [1.82, 2.24) is 13.8 Å². The van der Waals surface area contributed by atoms with Gasteiger partial charge in [-0.2, -0.15) is 15.0 Å². The molecule has 0 saturated carbocycles. The fourth-order valence-corrected chi connectivity index (χ4v) is 14.2. The van der Waals surface area contributed by atoms with Crippen molar-refractivity contribution in [3.63, 3.8) is 0 Å². The normalized spacial score (nSPS) is 18.3. The number of para-hydroxylation sites is 6. The molecule has 17 heteroatoms. The van der Waals surface area contributed by atoms with Crippen LogP contribution in [-0.4, -0.2) is 13.8 Å². The quantitative estimate of drug-likeness (QED) is 0.0962. The van der Waals surface area contributed by atoms with Crippen molar-refractivity contribution in [3.05, 3.63) is 211 Å². The molecule has 0 aliphatic carbocycles. The lowest BCUT2D eigenvalue weighted by atomic mass is 10.1. The molecule has 7 aromatic rings. The summed E-state index contributed by atoms with van der Waals surface area (Å²) < 4.78 is 37.7. The van der Waals surface area contributed by atoms with Crippen LogP contribution in [0.5, 0.6) is 40.2 Å². The molecule has 0 radical (unpaired) electrons. The maximum absolute atomic E-state index is 10.4. The van der Waals surface area contributed by atoms with Crippen LogP contribution in [0, 0.1) is 22.7 Å². The first-order valence-electron chi connectivity index (χ1n) is 18.5. The van der Waals surface area contributed by atoms with Crippen LogP contribution in [0.1, 0.15) is 11.1 Å². The molecule has 1 aliphatic heterocycles. The first-order chi connectivity index (χ1) is 30.1. The van der Waals surface area contributed by atoms with E-state index in [0.717, 1.165) is 0 Å². The maximum Gasteiger partial charge on any atom is 0.345 e. The summed E-state index contributed by atoms with van der Waals surface area (Å²) >= 11 is 0. The van der Waals surface area contributed by atoms with Crippen molar-refractivity contribution < 1.29 is 32.6 Å². The zero-order valence-electron chi connectivity index (χ0n) is 31.9. The van der Waals surface area contributed by atoms with Gasteiger partial charge in [0.2, 0.25) is 8.09 Å². The second-order valence-electron chi connectivity index (χ2n) is 12.3. The highest BCUT2D eigenvalue weighted by atomic mass is 31.3. The Balaban J connectivity index is 1.42. The molecular formula is C44H34N6O7P4. The first-order valence-corrected chi connectivity index (χ1v) is 23.3. The third-order valence-corrected chi connectivity index (χ3v) is 16.2.